The van der Waals surface area contributed by atoms with Gasteiger partial charge in [-0.05, 0) is 166 Å². The predicted octanol–water partition coefficient (Wildman–Crippen LogP) is 20.8. The minimum Gasteiger partial charge on any atom is -0.462 e. The van der Waals surface area contributed by atoms with Crippen molar-refractivity contribution in [2.45, 2.75) is 328 Å². The second kappa shape index (κ2) is 40.1. The van der Waals surface area contributed by atoms with Gasteiger partial charge in [-0.15, -0.1) is 0 Å². The number of allylic oxidation sites excluding steroid dienone is 15. The molecule has 0 heterocycles. The van der Waals surface area contributed by atoms with Crippen LogP contribution in [0.3, 0.4) is 0 Å². The molecule has 4 N–H and O–H groups in total. The number of carbonyl (C=O) groups is 5. The Bertz CT molecular complexity index is 4130. The Morgan fingerprint density at radius 2 is 0.661 bits per heavy atom. The maximum atomic E-state index is 13.6. The highest BCUT2D eigenvalue weighted by Crippen LogP contribution is 2.61. The summed E-state index contributed by atoms with van der Waals surface area (Å²) in [5.41, 5.74) is -6.68. The zero-order chi connectivity index (χ0) is 90.1. The van der Waals surface area contributed by atoms with Crippen molar-refractivity contribution in [3.8, 4) is 35.5 Å². The molecule has 9 rings (SSSR count). The maximum absolute atomic E-state index is 13.6. The Kier molecular flexibility index (Phi) is 33.8. The van der Waals surface area contributed by atoms with Gasteiger partial charge >= 0.3 is 83.7 Å². The van der Waals surface area contributed by atoms with Gasteiger partial charge < -0.3 is 44.1 Å². The molecule has 0 aromatic heterocycles. The number of esters is 5. The third-order valence-electron chi connectivity index (χ3n) is 24.7. The van der Waals surface area contributed by atoms with E-state index in [2.05, 4.69) is 31.6 Å². The fourth-order valence-electron chi connectivity index (χ4n) is 19.2. The smallest absolute Gasteiger partial charge is 0.450 e. The lowest BCUT2D eigenvalue weighted by Crippen LogP contribution is -2.58. The molecular formula is C89H110F18O14. The fourth-order valence-corrected chi connectivity index (χ4v) is 19.2. The van der Waals surface area contributed by atoms with E-state index >= 15 is 0 Å². The Hall–Kier alpha value is -7.73. The quantitative estimate of drug-likeness (QED) is 0.0419. The molecule has 0 spiro atoms. The van der Waals surface area contributed by atoms with Crippen LogP contribution in [0, 0.1) is 87.3 Å². The SMILES string of the molecule is C.CC(=O)OC1CC(=C/C=C2\CCC[C@]3(C)C(C(C)CC#CC(O)(C(F)(F)F)C(F)(F)F)=CCC23)C[C@@H](OC(C)=O)C1.CC(=O)OC1CC(=C/C=C2\CCC[C@]3(C)C(C(C)CC#CC(OC(C)=O)(C(F)(F)F)C(F)(F)F)=CCC23)C[C@@H](OC(C)=O)C1.CC(CC#CC(O)(C(F)(F)F)C(F)(F)F)C1=CCC2/C(=C/C=C3CC(O)C[C@H](O)C3)CCC[C@]12C. The second-order valence-electron chi connectivity index (χ2n) is 33.9. The largest absolute Gasteiger partial charge is 0.462 e. The lowest BCUT2D eigenvalue weighted by atomic mass is 9.62. The van der Waals surface area contributed by atoms with Crippen molar-refractivity contribution in [1.82, 2.24) is 0 Å². The molecule has 9 aliphatic carbocycles. The van der Waals surface area contributed by atoms with Crippen molar-refractivity contribution in [3.63, 3.8) is 0 Å². The zero-order valence-electron chi connectivity index (χ0n) is 68.8. The van der Waals surface area contributed by atoms with Crippen LogP contribution in [0.15, 0.2) is 105 Å². The molecule has 9 aliphatic rings. The van der Waals surface area contributed by atoms with Crippen molar-refractivity contribution in [2.75, 3.05) is 0 Å². The van der Waals surface area contributed by atoms with Gasteiger partial charge in [-0.25, -0.2) is 0 Å². The lowest BCUT2D eigenvalue weighted by molar-refractivity contribution is -0.346. The van der Waals surface area contributed by atoms with Crippen LogP contribution >= 0.6 is 0 Å². The predicted molar refractivity (Wildman–Crippen MR) is 411 cm³/mol. The third kappa shape index (κ3) is 24.7. The number of carbonyl (C=O) groups excluding carboxylic acids is 5. The Balaban J connectivity index is 0.000000282. The van der Waals surface area contributed by atoms with Gasteiger partial charge in [0.05, 0.1) is 12.2 Å². The van der Waals surface area contributed by atoms with Gasteiger partial charge in [0.15, 0.2) is 0 Å². The van der Waals surface area contributed by atoms with Gasteiger partial charge in [-0.1, -0.05) is 172 Å². The summed E-state index contributed by atoms with van der Waals surface area (Å²) in [6.45, 7) is 17.1. The maximum Gasteiger partial charge on any atom is 0.450 e. The number of hydrogen-bond donors (Lipinski definition) is 4. The topological polar surface area (TPSA) is 212 Å². The highest BCUT2D eigenvalue weighted by molar-refractivity contribution is 5.68. The first-order valence-electron chi connectivity index (χ1n) is 40.1. The number of rotatable bonds is 14. The van der Waals surface area contributed by atoms with Gasteiger partial charge in [0.2, 0.25) is 0 Å². The van der Waals surface area contributed by atoms with Crippen molar-refractivity contribution >= 4 is 29.8 Å². The van der Waals surface area contributed by atoms with E-state index < -0.39 is 132 Å². The van der Waals surface area contributed by atoms with E-state index in [1.165, 1.54) is 44.8 Å². The molecule has 9 unspecified atom stereocenters. The van der Waals surface area contributed by atoms with Crippen LogP contribution in [0.4, 0.5) is 79.0 Å². The highest BCUT2D eigenvalue weighted by Gasteiger charge is 2.75. The summed E-state index contributed by atoms with van der Waals surface area (Å²) in [5, 5.41) is 38.4. The Labute approximate surface area is 694 Å². The van der Waals surface area contributed by atoms with Crippen LogP contribution in [0.1, 0.15) is 238 Å². The van der Waals surface area contributed by atoms with Crippen LogP contribution in [0.2, 0.25) is 0 Å². The van der Waals surface area contributed by atoms with E-state index in [0.717, 1.165) is 115 Å². The molecule has 6 fully saturated rings. The number of halogens is 18. The van der Waals surface area contributed by atoms with Gasteiger partial charge in [0.1, 0.15) is 24.4 Å². The van der Waals surface area contributed by atoms with E-state index in [1.807, 2.05) is 66.4 Å². The summed E-state index contributed by atoms with van der Waals surface area (Å²) in [6, 6.07) is 0. The number of aliphatic hydroxyl groups is 4. The monoisotopic (exact) mass is 1740 g/mol. The molecule has 0 aromatic rings. The first-order valence-corrected chi connectivity index (χ1v) is 40.1. The first kappa shape index (κ1) is 102. The van der Waals surface area contributed by atoms with E-state index in [-0.39, 0.29) is 66.6 Å². The third-order valence-corrected chi connectivity index (χ3v) is 24.7. The lowest BCUT2D eigenvalue weighted by Gasteiger charge is -2.42. The summed E-state index contributed by atoms with van der Waals surface area (Å²) >= 11 is 0. The molecule has 0 aromatic carbocycles. The van der Waals surface area contributed by atoms with Crippen LogP contribution in [-0.2, 0) is 47.7 Å². The molecule has 32 heteroatoms. The molecular weight excluding hydrogens is 1630 g/mol. The standard InChI is InChI=1S/C32H38F6O6.C30H36F6O5.C26H32F6O3.CH4/c1-19(8-6-15-30(31(33,34)35,32(36,37)38)44-22(4)41)27-12-13-28-24(9-7-14-29(27,28)5)11-10-23-16-25(42-20(2)39)18-26(17-23)43-21(3)40;1-18(7-5-14-28(39,29(31,32)33)30(34,35)36)25-11-12-26-22(8-6-13-27(25,26)4)10-9-21-15-23(40-19(2)37)17-24(16-21)41-20(3)38;1-16(5-3-12-24(35,25(27,28)29)26(30,31)32)21-9-10-22-18(6-4-11-23(21,22)2)8-7-17-13-19(33)15-20(34)14-17;/h10-12,19,25-26,28H,7-9,13-14,16-18H2,1-5H3;9-11,18,23-24,26,39H,6-8,12-13,15-17H2,1-4H3;7-9,16,19-20,22,33-35H,4-6,10-11,13-15H2,1-2H3;1H4/b23-10?,24-11+;21-9?,22-10+;17-7?,18-8+;/t19?,25-,26?,28?,29-;18?,23-,24?,26?,27-;16?,19-,20?,22?,23-;/m111./s1. The van der Waals surface area contributed by atoms with E-state index in [9.17, 15) is 123 Å². The minimum absolute atomic E-state index is 0. The molecule has 0 amide bonds. The van der Waals surface area contributed by atoms with E-state index in [0.29, 0.717) is 77.6 Å². The second-order valence-corrected chi connectivity index (χ2v) is 33.9. The van der Waals surface area contributed by atoms with Gasteiger partial charge in [-0.3, -0.25) is 24.0 Å². The first-order chi connectivity index (χ1) is 55.2. The molecule has 0 saturated heterocycles. The summed E-state index contributed by atoms with van der Waals surface area (Å²) in [5.74, 6) is 5.04. The van der Waals surface area contributed by atoms with Gasteiger partial charge in [0.25, 0.3) is 0 Å². The Morgan fingerprint density at radius 1 is 0.405 bits per heavy atom. The Morgan fingerprint density at radius 3 is 0.901 bits per heavy atom. The molecule has 0 bridgehead atoms. The van der Waals surface area contributed by atoms with Crippen molar-refractivity contribution < 1.29 is 147 Å². The molecule has 15 atom stereocenters. The number of fused-ring (bicyclic) bond motifs is 3. The highest BCUT2D eigenvalue weighted by atomic mass is 19.4. The zero-order valence-corrected chi connectivity index (χ0v) is 68.8. The fraction of sp³-hybridized carbons (Fsp3) is 0.674. The van der Waals surface area contributed by atoms with Crippen LogP contribution < -0.4 is 0 Å². The summed E-state index contributed by atoms with van der Waals surface area (Å²) in [7, 11) is 0. The van der Waals surface area contributed by atoms with Crippen molar-refractivity contribution in [1.29, 1.82) is 0 Å². The van der Waals surface area contributed by atoms with Gasteiger partial charge in [-0.2, -0.15) is 79.0 Å². The molecule has 676 valence electrons. The number of hydrogen-bond acceptors (Lipinski definition) is 14. The van der Waals surface area contributed by atoms with Gasteiger partial charge in [0, 0.05) is 92.4 Å². The summed E-state index contributed by atoms with van der Waals surface area (Å²) in [4.78, 5) is 57.3. The van der Waals surface area contributed by atoms with Crippen LogP contribution in [-0.4, -0.2) is 141 Å². The number of alkyl halides is 18. The molecule has 0 radical (unpaired) electrons. The molecule has 121 heavy (non-hydrogen) atoms. The van der Waals surface area contributed by atoms with Crippen molar-refractivity contribution in [2.24, 2.45) is 51.8 Å². The average molecular weight is 1750 g/mol. The minimum atomic E-state index is -5.98. The van der Waals surface area contributed by atoms with Crippen LogP contribution in [0.25, 0.3) is 0 Å². The van der Waals surface area contributed by atoms with Crippen molar-refractivity contribution in [3.05, 3.63) is 105 Å². The normalized spacial score (nSPS) is 30.0. The van der Waals surface area contributed by atoms with E-state index in [1.54, 1.807) is 20.8 Å². The number of ether oxygens (including phenoxy) is 5. The molecule has 14 nitrogen and oxygen atoms in total. The number of aliphatic hydroxyl groups excluding tert-OH is 2. The molecule has 0 aliphatic heterocycles. The molecule has 6 saturated carbocycles. The average Bonchev–Trinajstić information content (AvgIpc) is 1.67. The summed E-state index contributed by atoms with van der Waals surface area (Å²) in [6.07, 6.45) is -7.33. The summed E-state index contributed by atoms with van der Waals surface area (Å²) < 4.78 is 262. The van der Waals surface area contributed by atoms with Crippen LogP contribution in [0.5, 0.6) is 0 Å². The van der Waals surface area contributed by atoms with E-state index in [4.69, 9.17) is 18.9 Å².